The Labute approximate surface area is 166 Å². The summed E-state index contributed by atoms with van der Waals surface area (Å²) >= 11 is 1.31. The Morgan fingerprint density at radius 3 is 2.96 bits per heavy atom. The first kappa shape index (κ1) is 17.5. The minimum Gasteiger partial charge on any atom is -0.360 e. The van der Waals surface area contributed by atoms with E-state index in [9.17, 15) is 4.79 Å². The lowest BCUT2D eigenvalue weighted by atomic mass is 9.92. The number of hydrogen-bond donors (Lipinski definition) is 0. The molecule has 4 heterocycles. The Morgan fingerprint density at radius 2 is 2.11 bits per heavy atom. The van der Waals surface area contributed by atoms with E-state index in [1.165, 1.54) is 11.5 Å². The second kappa shape index (κ2) is 7.12. The van der Waals surface area contributed by atoms with Crippen LogP contribution in [0.1, 0.15) is 64.8 Å². The highest BCUT2D eigenvalue weighted by Gasteiger charge is 2.33. The van der Waals surface area contributed by atoms with Crippen LogP contribution in [0, 0.1) is 6.92 Å². The number of nitrogens with zero attached hydrogens (tertiary/aromatic N) is 5. The topological polar surface area (TPSA) is 98.2 Å². The van der Waals surface area contributed by atoms with Crippen molar-refractivity contribution in [3.8, 4) is 10.6 Å². The monoisotopic (exact) mass is 399 g/mol. The summed E-state index contributed by atoms with van der Waals surface area (Å²) in [5, 5.41) is 12.4. The highest BCUT2D eigenvalue weighted by atomic mass is 32.1. The normalized spacial score (nSPS) is 19.6. The SMILES string of the molecule is Cc1cc(-c2snnc2C2CCCN(C(=O)c3noc4c3CCCC4)C2)on1. The Balaban J connectivity index is 1.38. The third-order valence-corrected chi connectivity index (χ3v) is 6.37. The second-order valence-corrected chi connectivity index (χ2v) is 8.30. The molecular formula is C19H21N5O3S. The smallest absolute Gasteiger partial charge is 0.276 e. The van der Waals surface area contributed by atoms with Crippen molar-refractivity contribution in [2.24, 2.45) is 0 Å². The summed E-state index contributed by atoms with van der Waals surface area (Å²) in [6.45, 7) is 3.22. The number of carbonyl (C=O) groups is 1. The summed E-state index contributed by atoms with van der Waals surface area (Å²) < 4.78 is 15.0. The molecule has 1 amide bonds. The first-order chi connectivity index (χ1) is 13.7. The molecule has 0 bridgehead atoms. The Bertz CT molecular complexity index is 1010. The van der Waals surface area contributed by atoms with Gasteiger partial charge in [-0.1, -0.05) is 14.8 Å². The van der Waals surface area contributed by atoms with Crippen LogP contribution in [0.4, 0.5) is 0 Å². The summed E-state index contributed by atoms with van der Waals surface area (Å²) in [7, 11) is 0. The van der Waals surface area contributed by atoms with Crippen LogP contribution < -0.4 is 0 Å². The van der Waals surface area contributed by atoms with E-state index in [4.69, 9.17) is 9.05 Å². The van der Waals surface area contributed by atoms with Gasteiger partial charge in [0.25, 0.3) is 5.91 Å². The van der Waals surface area contributed by atoms with Crippen molar-refractivity contribution < 1.29 is 13.8 Å². The number of fused-ring (bicyclic) bond motifs is 1. The van der Waals surface area contributed by atoms with Crippen molar-refractivity contribution in [1.29, 1.82) is 0 Å². The standard InChI is InChI=1S/C19H21N5O3S/c1-11-9-15(27-21-11)18-16(20-23-28-18)12-5-4-8-24(10-12)19(25)17-13-6-2-3-7-14(13)26-22-17/h9,12H,2-8,10H2,1H3. The highest BCUT2D eigenvalue weighted by molar-refractivity contribution is 7.09. The van der Waals surface area contributed by atoms with E-state index in [1.807, 2.05) is 17.9 Å². The Morgan fingerprint density at radius 1 is 1.21 bits per heavy atom. The van der Waals surface area contributed by atoms with Crippen molar-refractivity contribution in [1.82, 2.24) is 24.8 Å². The van der Waals surface area contributed by atoms with Gasteiger partial charge in [0.05, 0.1) is 11.4 Å². The van der Waals surface area contributed by atoms with Gasteiger partial charge in [-0.15, -0.1) is 5.10 Å². The van der Waals surface area contributed by atoms with Crippen LogP contribution in [0.25, 0.3) is 10.6 Å². The third kappa shape index (κ3) is 3.03. The Hall–Kier alpha value is -2.55. The molecular weight excluding hydrogens is 378 g/mol. The molecule has 1 unspecified atom stereocenters. The molecule has 5 rings (SSSR count). The van der Waals surface area contributed by atoms with Crippen molar-refractivity contribution in [3.05, 3.63) is 34.5 Å². The highest BCUT2D eigenvalue weighted by Crippen LogP contribution is 2.36. The van der Waals surface area contributed by atoms with E-state index >= 15 is 0 Å². The maximum Gasteiger partial charge on any atom is 0.276 e. The van der Waals surface area contributed by atoms with E-state index in [0.29, 0.717) is 18.0 Å². The average molecular weight is 399 g/mol. The number of hydrogen-bond acceptors (Lipinski definition) is 8. The average Bonchev–Trinajstić information content (AvgIpc) is 3.46. The molecule has 0 radical (unpaired) electrons. The zero-order chi connectivity index (χ0) is 19.1. The van der Waals surface area contributed by atoms with Crippen molar-refractivity contribution >= 4 is 17.4 Å². The fraction of sp³-hybridized carbons (Fsp3) is 0.526. The molecule has 9 heteroatoms. The number of rotatable bonds is 3. The lowest BCUT2D eigenvalue weighted by Gasteiger charge is -2.31. The van der Waals surface area contributed by atoms with Crippen LogP contribution in [0.2, 0.25) is 0 Å². The molecule has 0 N–H and O–H groups in total. The zero-order valence-electron chi connectivity index (χ0n) is 15.7. The van der Waals surface area contributed by atoms with E-state index in [2.05, 4.69) is 19.9 Å². The molecule has 0 spiro atoms. The lowest BCUT2D eigenvalue weighted by molar-refractivity contribution is 0.0694. The molecule has 8 nitrogen and oxygen atoms in total. The number of carbonyl (C=O) groups excluding carboxylic acids is 1. The molecule has 1 saturated heterocycles. The van der Waals surface area contributed by atoms with Crippen LogP contribution >= 0.6 is 11.5 Å². The molecule has 1 atom stereocenters. The zero-order valence-corrected chi connectivity index (χ0v) is 16.5. The van der Waals surface area contributed by atoms with E-state index in [1.54, 1.807) is 0 Å². The first-order valence-electron chi connectivity index (χ1n) is 9.73. The molecule has 0 aromatic carbocycles. The van der Waals surface area contributed by atoms with E-state index in [-0.39, 0.29) is 11.8 Å². The summed E-state index contributed by atoms with van der Waals surface area (Å²) in [6.07, 6.45) is 5.82. The molecule has 1 aliphatic heterocycles. The van der Waals surface area contributed by atoms with Gasteiger partial charge in [0.2, 0.25) is 0 Å². The fourth-order valence-corrected chi connectivity index (χ4v) is 4.89. The van der Waals surface area contributed by atoms with Crippen LogP contribution in [0.5, 0.6) is 0 Å². The number of aryl methyl sites for hydroxylation is 2. The Kier molecular flexibility index (Phi) is 4.46. The predicted octanol–water partition coefficient (Wildman–Crippen LogP) is 3.39. The van der Waals surface area contributed by atoms with Gasteiger partial charge in [-0.05, 0) is 50.6 Å². The maximum atomic E-state index is 13.1. The van der Waals surface area contributed by atoms with Gasteiger partial charge in [-0.3, -0.25) is 4.79 Å². The van der Waals surface area contributed by atoms with Gasteiger partial charge in [-0.25, -0.2) is 0 Å². The van der Waals surface area contributed by atoms with Gasteiger partial charge in [0.1, 0.15) is 10.6 Å². The predicted molar refractivity (Wildman–Crippen MR) is 101 cm³/mol. The summed E-state index contributed by atoms with van der Waals surface area (Å²) in [4.78, 5) is 15.9. The van der Waals surface area contributed by atoms with Gasteiger partial charge in [0, 0.05) is 37.1 Å². The minimum absolute atomic E-state index is 0.0307. The number of likely N-dealkylation sites (tertiary alicyclic amines) is 1. The lowest BCUT2D eigenvalue weighted by Crippen LogP contribution is -2.40. The van der Waals surface area contributed by atoms with Gasteiger partial charge >= 0.3 is 0 Å². The van der Waals surface area contributed by atoms with Gasteiger partial charge < -0.3 is 13.9 Å². The fourth-order valence-electron chi connectivity index (χ4n) is 4.19. The number of piperidine rings is 1. The van der Waals surface area contributed by atoms with Crippen LogP contribution in [-0.4, -0.2) is 43.8 Å². The molecule has 146 valence electrons. The van der Waals surface area contributed by atoms with Crippen LogP contribution in [0.3, 0.4) is 0 Å². The number of amides is 1. The van der Waals surface area contributed by atoms with Crippen molar-refractivity contribution in [3.63, 3.8) is 0 Å². The maximum absolute atomic E-state index is 13.1. The quantitative estimate of drug-likeness (QED) is 0.666. The summed E-state index contributed by atoms with van der Waals surface area (Å²) in [5.41, 5.74) is 3.22. The first-order valence-corrected chi connectivity index (χ1v) is 10.5. The minimum atomic E-state index is -0.0307. The molecule has 1 fully saturated rings. The van der Waals surface area contributed by atoms with E-state index in [0.717, 1.165) is 72.7 Å². The summed E-state index contributed by atoms with van der Waals surface area (Å²) in [5.74, 6) is 1.67. The number of aromatic nitrogens is 4. The van der Waals surface area contributed by atoms with Gasteiger partial charge in [0.15, 0.2) is 11.5 Å². The molecule has 3 aromatic rings. The molecule has 1 aliphatic carbocycles. The largest absolute Gasteiger partial charge is 0.360 e. The van der Waals surface area contributed by atoms with E-state index < -0.39 is 0 Å². The second-order valence-electron chi connectivity index (χ2n) is 7.55. The third-order valence-electron chi connectivity index (χ3n) is 5.61. The molecule has 28 heavy (non-hydrogen) atoms. The molecule has 3 aromatic heterocycles. The van der Waals surface area contributed by atoms with Crippen molar-refractivity contribution in [2.75, 3.05) is 13.1 Å². The molecule has 2 aliphatic rings. The van der Waals surface area contributed by atoms with Gasteiger partial charge in [-0.2, -0.15) is 0 Å². The summed E-state index contributed by atoms with van der Waals surface area (Å²) in [6, 6.07) is 1.89. The van der Waals surface area contributed by atoms with Crippen molar-refractivity contribution in [2.45, 2.75) is 51.4 Å². The molecule has 0 saturated carbocycles. The van der Waals surface area contributed by atoms with Crippen LogP contribution in [0.15, 0.2) is 15.1 Å². The van der Waals surface area contributed by atoms with Crippen LogP contribution in [-0.2, 0) is 12.8 Å².